The summed E-state index contributed by atoms with van der Waals surface area (Å²) in [6.45, 7) is 3.16. The number of hydrogen-bond acceptors (Lipinski definition) is 4. The second-order valence-electron chi connectivity index (χ2n) is 5.19. The Labute approximate surface area is 110 Å². The Hall–Kier alpha value is 0.260. The van der Waals surface area contributed by atoms with Crippen LogP contribution in [0, 0.1) is 5.92 Å². The van der Waals surface area contributed by atoms with Gasteiger partial charge in [-0.3, -0.25) is 0 Å². The Morgan fingerprint density at radius 2 is 2.18 bits per heavy atom. The Morgan fingerprint density at radius 3 is 2.76 bits per heavy atom. The Balaban J connectivity index is 2.37. The van der Waals surface area contributed by atoms with Gasteiger partial charge in [0.1, 0.15) is 0 Å². The summed E-state index contributed by atoms with van der Waals surface area (Å²) >= 11 is 1.87. The lowest BCUT2D eigenvalue weighted by atomic mass is 10.0. The minimum atomic E-state index is -2.75. The quantitative estimate of drug-likeness (QED) is 0.744. The molecule has 1 fully saturated rings. The number of sulfone groups is 1. The highest BCUT2D eigenvalue weighted by Gasteiger charge is 2.26. The van der Waals surface area contributed by atoms with Gasteiger partial charge in [-0.25, -0.2) is 8.42 Å². The van der Waals surface area contributed by atoms with Crippen molar-refractivity contribution in [2.24, 2.45) is 5.92 Å². The van der Waals surface area contributed by atoms with Crippen molar-refractivity contribution in [2.75, 3.05) is 37.1 Å². The van der Waals surface area contributed by atoms with E-state index in [1.165, 1.54) is 12.2 Å². The maximum absolute atomic E-state index is 11.6. The standard InChI is InChI=1S/C12H25NO2S2/c1-11(6-7-16-3)13(2)9-12-5-4-8-17(14,15)10-12/h11-12H,4-10H2,1-3H3/t11-,12+/m1/s1. The first kappa shape index (κ1) is 15.3. The lowest BCUT2D eigenvalue weighted by Crippen LogP contribution is -2.38. The van der Waals surface area contributed by atoms with Crippen molar-refractivity contribution in [3.63, 3.8) is 0 Å². The molecule has 0 aromatic heterocycles. The zero-order valence-corrected chi connectivity index (χ0v) is 12.8. The summed E-state index contributed by atoms with van der Waals surface area (Å²) in [6.07, 6.45) is 5.22. The largest absolute Gasteiger partial charge is 0.303 e. The summed E-state index contributed by atoms with van der Waals surface area (Å²) in [6, 6.07) is 0.548. The van der Waals surface area contributed by atoms with Crippen LogP contribution in [-0.2, 0) is 9.84 Å². The van der Waals surface area contributed by atoms with Crippen LogP contribution in [0.2, 0.25) is 0 Å². The Bertz CT molecular complexity index is 316. The van der Waals surface area contributed by atoms with Crippen molar-refractivity contribution in [1.29, 1.82) is 0 Å². The van der Waals surface area contributed by atoms with Crippen LogP contribution in [0.15, 0.2) is 0 Å². The SMILES string of the molecule is CSCC[C@@H](C)N(C)C[C@@H]1CCCS(=O)(=O)C1. The summed E-state index contributed by atoms with van der Waals surface area (Å²) in [7, 11) is -0.634. The molecule has 0 aliphatic carbocycles. The Morgan fingerprint density at radius 1 is 1.47 bits per heavy atom. The third-order valence-electron chi connectivity index (χ3n) is 3.60. The summed E-state index contributed by atoms with van der Waals surface area (Å²) in [4.78, 5) is 2.32. The van der Waals surface area contributed by atoms with Gasteiger partial charge in [0.05, 0.1) is 11.5 Å². The average molecular weight is 279 g/mol. The molecule has 17 heavy (non-hydrogen) atoms. The molecular formula is C12H25NO2S2. The molecule has 1 heterocycles. The first-order valence-electron chi connectivity index (χ1n) is 6.34. The van der Waals surface area contributed by atoms with Gasteiger partial charge in [0, 0.05) is 12.6 Å². The van der Waals surface area contributed by atoms with Gasteiger partial charge < -0.3 is 4.90 Å². The molecule has 0 aromatic carbocycles. The van der Waals surface area contributed by atoms with Crippen LogP contribution < -0.4 is 0 Å². The molecule has 0 N–H and O–H groups in total. The molecule has 3 nitrogen and oxygen atoms in total. The third-order valence-corrected chi connectivity index (χ3v) is 6.13. The van der Waals surface area contributed by atoms with Gasteiger partial charge in [0.25, 0.3) is 0 Å². The van der Waals surface area contributed by atoms with Crippen molar-refractivity contribution >= 4 is 21.6 Å². The molecular weight excluding hydrogens is 254 g/mol. The van der Waals surface area contributed by atoms with E-state index in [0.717, 1.165) is 19.4 Å². The first-order valence-corrected chi connectivity index (χ1v) is 9.55. The maximum Gasteiger partial charge on any atom is 0.150 e. The highest BCUT2D eigenvalue weighted by molar-refractivity contribution is 7.98. The van der Waals surface area contributed by atoms with E-state index < -0.39 is 9.84 Å². The fourth-order valence-electron chi connectivity index (χ4n) is 2.36. The third kappa shape index (κ3) is 5.62. The lowest BCUT2D eigenvalue weighted by molar-refractivity contribution is 0.214. The van der Waals surface area contributed by atoms with E-state index in [1.807, 2.05) is 11.8 Å². The molecule has 0 radical (unpaired) electrons. The smallest absolute Gasteiger partial charge is 0.150 e. The monoisotopic (exact) mass is 279 g/mol. The summed E-state index contributed by atoms with van der Waals surface area (Å²) in [5, 5.41) is 0. The fraction of sp³-hybridized carbons (Fsp3) is 1.00. The predicted molar refractivity (Wildman–Crippen MR) is 76.5 cm³/mol. The van der Waals surface area contributed by atoms with E-state index in [4.69, 9.17) is 0 Å². The van der Waals surface area contributed by atoms with Gasteiger partial charge in [0.15, 0.2) is 9.84 Å². The van der Waals surface area contributed by atoms with Crippen LogP contribution in [0.4, 0.5) is 0 Å². The number of nitrogens with zero attached hydrogens (tertiary/aromatic N) is 1. The topological polar surface area (TPSA) is 37.4 Å². The van der Waals surface area contributed by atoms with Gasteiger partial charge in [-0.1, -0.05) is 0 Å². The molecule has 0 saturated carbocycles. The van der Waals surface area contributed by atoms with Crippen LogP contribution in [0.1, 0.15) is 26.2 Å². The number of hydrogen-bond donors (Lipinski definition) is 0. The van der Waals surface area contributed by atoms with Gasteiger partial charge in [-0.15, -0.1) is 0 Å². The second kappa shape index (κ2) is 7.00. The number of rotatable bonds is 6. The van der Waals surface area contributed by atoms with Crippen molar-refractivity contribution in [3.05, 3.63) is 0 Å². The summed E-state index contributed by atoms with van der Waals surface area (Å²) in [5.74, 6) is 2.31. The second-order valence-corrected chi connectivity index (χ2v) is 8.41. The van der Waals surface area contributed by atoms with Crippen molar-refractivity contribution in [2.45, 2.75) is 32.2 Å². The van der Waals surface area contributed by atoms with Crippen molar-refractivity contribution < 1.29 is 8.42 Å². The fourth-order valence-corrected chi connectivity index (χ4v) is 4.70. The molecule has 1 aliphatic heterocycles. The molecule has 102 valence electrons. The van der Waals surface area contributed by atoms with E-state index in [-0.39, 0.29) is 0 Å². The van der Waals surface area contributed by atoms with Crippen LogP contribution >= 0.6 is 11.8 Å². The molecule has 1 rings (SSSR count). The molecule has 0 spiro atoms. The van der Waals surface area contributed by atoms with Crippen LogP contribution in [0.25, 0.3) is 0 Å². The molecule has 0 unspecified atom stereocenters. The highest BCUT2D eigenvalue weighted by atomic mass is 32.2. The minimum Gasteiger partial charge on any atom is -0.303 e. The molecule has 1 saturated heterocycles. The molecule has 0 aromatic rings. The van der Waals surface area contributed by atoms with Gasteiger partial charge >= 0.3 is 0 Å². The highest BCUT2D eigenvalue weighted by Crippen LogP contribution is 2.20. The van der Waals surface area contributed by atoms with Crippen molar-refractivity contribution in [3.8, 4) is 0 Å². The van der Waals surface area contributed by atoms with Gasteiger partial charge in [-0.2, -0.15) is 11.8 Å². The van der Waals surface area contributed by atoms with E-state index in [9.17, 15) is 8.42 Å². The zero-order chi connectivity index (χ0) is 12.9. The first-order chi connectivity index (χ1) is 7.94. The van der Waals surface area contributed by atoms with E-state index >= 15 is 0 Å². The number of thioether (sulfide) groups is 1. The zero-order valence-electron chi connectivity index (χ0n) is 11.2. The minimum absolute atomic E-state index is 0.343. The molecule has 2 atom stereocenters. The van der Waals surface area contributed by atoms with E-state index in [2.05, 4.69) is 25.1 Å². The summed E-state index contributed by atoms with van der Waals surface area (Å²) in [5.41, 5.74) is 0. The van der Waals surface area contributed by atoms with Gasteiger partial charge in [-0.05, 0) is 51.2 Å². The lowest BCUT2D eigenvalue weighted by Gasteiger charge is -2.30. The van der Waals surface area contributed by atoms with Crippen LogP contribution in [0.5, 0.6) is 0 Å². The van der Waals surface area contributed by atoms with Crippen LogP contribution in [0.3, 0.4) is 0 Å². The molecule has 0 amide bonds. The average Bonchev–Trinajstić information content (AvgIpc) is 2.24. The normalized spacial score (nSPS) is 26.0. The van der Waals surface area contributed by atoms with Crippen molar-refractivity contribution in [1.82, 2.24) is 4.90 Å². The van der Waals surface area contributed by atoms with Gasteiger partial charge in [0.2, 0.25) is 0 Å². The van der Waals surface area contributed by atoms with E-state index in [0.29, 0.717) is 23.5 Å². The Kier molecular flexibility index (Phi) is 6.31. The molecule has 0 bridgehead atoms. The predicted octanol–water partition coefficient (Wildman–Crippen LogP) is 1.88. The maximum atomic E-state index is 11.6. The van der Waals surface area contributed by atoms with Crippen LogP contribution in [-0.4, -0.2) is 56.5 Å². The van der Waals surface area contributed by atoms with E-state index in [1.54, 1.807) is 0 Å². The molecule has 5 heteroatoms. The molecule has 1 aliphatic rings. The summed E-state index contributed by atoms with van der Waals surface area (Å²) < 4.78 is 23.1.